The molecule has 0 fully saturated rings. The minimum absolute atomic E-state index is 0.0832. The van der Waals surface area contributed by atoms with E-state index >= 15 is 0 Å². The fraction of sp³-hybridized carbons (Fsp3) is 0.0976. The Morgan fingerprint density at radius 2 is 1.05 bits per heavy atom. The van der Waals surface area contributed by atoms with E-state index in [2.05, 4.69) is 281 Å². The molecule has 2 aliphatic heterocycles. The van der Waals surface area contributed by atoms with Crippen LogP contribution in [0.1, 0.15) is 59.5 Å². The molecule has 0 atom stereocenters. The molecule has 14 aromatic rings. The van der Waals surface area contributed by atoms with Gasteiger partial charge >= 0.3 is 0 Å². The second-order valence-electron chi connectivity index (χ2n) is 25.3. The molecule has 12 aromatic carbocycles. The van der Waals surface area contributed by atoms with E-state index in [1.807, 2.05) is 35.6 Å². The van der Waals surface area contributed by atoms with Crippen LogP contribution in [0.4, 0.5) is 51.2 Å². The number of rotatable bonds is 9. The van der Waals surface area contributed by atoms with Crippen LogP contribution in [0, 0.1) is 0 Å². The lowest BCUT2D eigenvalue weighted by molar-refractivity contribution is 0.590. The van der Waals surface area contributed by atoms with Crippen molar-refractivity contribution in [2.75, 3.05) is 14.7 Å². The second kappa shape index (κ2) is 20.8. The van der Waals surface area contributed by atoms with Crippen LogP contribution in [0.5, 0.6) is 0 Å². The van der Waals surface area contributed by atoms with Crippen LogP contribution in [0.3, 0.4) is 0 Å². The van der Waals surface area contributed by atoms with Crippen molar-refractivity contribution in [2.24, 2.45) is 0 Å². The fourth-order valence-electron chi connectivity index (χ4n) is 13.4. The van der Waals surface area contributed by atoms with Crippen LogP contribution in [0.2, 0.25) is 0 Å². The van der Waals surface area contributed by atoms with Crippen LogP contribution >= 0.6 is 11.3 Å². The van der Waals surface area contributed by atoms with Gasteiger partial charge in [-0.05, 0) is 157 Å². The third kappa shape index (κ3) is 8.96. The highest BCUT2D eigenvalue weighted by molar-refractivity contribution is 7.33. The third-order valence-electron chi connectivity index (χ3n) is 17.8. The zero-order valence-electron chi connectivity index (χ0n) is 54.9. The summed E-state index contributed by atoms with van der Waals surface area (Å²) in [6.07, 6.45) is 0. The highest BCUT2D eigenvalue weighted by Crippen LogP contribution is 2.53. The SMILES string of the molecule is [2H]c1c([2H])c([2H])c(-c2cc3c4c(c2)N(c2ccc5oc6ccccc6c5c2)c2c(sc5ccc(C(C)(C)C)cc25)B4c2ccc(N(c4ccc(C(C)(C)C)cc4)c4ccccc4-c4ccccc4)cc2N3c2ccc(-c3ccccc3)cc2-c2ccccc2)c([2H])c1[2H]. The van der Waals surface area contributed by atoms with Gasteiger partial charge in [-0.1, -0.05) is 229 Å². The normalized spacial score (nSPS) is 13.6. The number of hydrogen-bond donors (Lipinski definition) is 0. The van der Waals surface area contributed by atoms with Gasteiger partial charge in [-0.25, -0.2) is 0 Å². The lowest BCUT2D eigenvalue weighted by Crippen LogP contribution is -2.60. The first-order valence-electron chi connectivity index (χ1n) is 32.8. The minimum atomic E-state index is -0.444. The maximum Gasteiger partial charge on any atom is 0.264 e. The minimum Gasteiger partial charge on any atom is -0.456 e. The van der Waals surface area contributed by atoms with Gasteiger partial charge in [-0.2, -0.15) is 0 Å². The van der Waals surface area contributed by atoms with Gasteiger partial charge < -0.3 is 19.1 Å². The summed E-state index contributed by atoms with van der Waals surface area (Å²) in [5, 5.41) is 3.07. The topological polar surface area (TPSA) is 22.9 Å². The summed E-state index contributed by atoms with van der Waals surface area (Å²) in [5.41, 5.74) is 21.1. The van der Waals surface area contributed by atoms with E-state index in [9.17, 15) is 5.48 Å². The van der Waals surface area contributed by atoms with Gasteiger partial charge in [-0.3, -0.25) is 0 Å². The lowest BCUT2D eigenvalue weighted by atomic mass is 9.36. The summed E-state index contributed by atoms with van der Waals surface area (Å²) in [6, 6.07) is 87.1. The first-order chi connectivity index (χ1) is 45.0. The quantitative estimate of drug-likeness (QED) is 0.134. The van der Waals surface area contributed by atoms with Crippen molar-refractivity contribution in [3.63, 3.8) is 0 Å². The molecule has 88 heavy (non-hydrogen) atoms. The number of hydrogen-bond acceptors (Lipinski definition) is 5. The number of furan rings is 1. The number of para-hydroxylation sites is 2. The molecule has 0 saturated heterocycles. The highest BCUT2D eigenvalue weighted by atomic mass is 32.1. The van der Waals surface area contributed by atoms with Crippen molar-refractivity contribution >= 4 is 117 Å². The molecule has 422 valence electrons. The molecule has 2 aromatic heterocycles. The molecular formula is C82H64BN3OS. The maximum absolute atomic E-state index is 9.77. The molecule has 16 rings (SSSR count). The number of anilines is 9. The predicted octanol–water partition coefficient (Wildman–Crippen LogP) is 21.6. The van der Waals surface area contributed by atoms with Gasteiger partial charge in [0.15, 0.2) is 0 Å². The molecule has 0 amide bonds. The molecular weight excluding hydrogens is 1090 g/mol. The highest BCUT2D eigenvalue weighted by Gasteiger charge is 2.46. The molecule has 0 radical (unpaired) electrons. The fourth-order valence-corrected chi connectivity index (χ4v) is 14.7. The Balaban J connectivity index is 1.06. The zero-order chi connectivity index (χ0) is 63.8. The van der Waals surface area contributed by atoms with E-state index in [0.29, 0.717) is 5.56 Å². The van der Waals surface area contributed by atoms with E-state index in [0.717, 1.165) is 132 Å². The van der Waals surface area contributed by atoms with Gasteiger partial charge in [0.1, 0.15) is 11.2 Å². The van der Waals surface area contributed by atoms with E-state index < -0.39 is 18.1 Å². The van der Waals surface area contributed by atoms with Crippen LogP contribution in [-0.4, -0.2) is 6.71 Å². The van der Waals surface area contributed by atoms with Gasteiger partial charge in [0.05, 0.1) is 23.9 Å². The van der Waals surface area contributed by atoms with Crippen molar-refractivity contribution in [1.29, 1.82) is 0 Å². The van der Waals surface area contributed by atoms with E-state index in [1.54, 1.807) is 0 Å². The van der Waals surface area contributed by atoms with Crippen LogP contribution in [0.25, 0.3) is 76.5 Å². The monoisotopic (exact) mass is 1150 g/mol. The van der Waals surface area contributed by atoms with Crippen LogP contribution in [0.15, 0.2) is 283 Å². The van der Waals surface area contributed by atoms with Gasteiger partial charge in [-0.15, -0.1) is 11.3 Å². The molecule has 0 saturated carbocycles. The van der Waals surface area contributed by atoms with Gasteiger partial charge in [0, 0.05) is 70.9 Å². The number of thiophene rings is 1. The van der Waals surface area contributed by atoms with Crippen molar-refractivity contribution in [1.82, 2.24) is 0 Å². The van der Waals surface area contributed by atoms with Crippen LogP contribution < -0.4 is 30.4 Å². The van der Waals surface area contributed by atoms with Crippen molar-refractivity contribution in [2.45, 2.75) is 52.4 Å². The summed E-state index contributed by atoms with van der Waals surface area (Å²) in [6.45, 7) is 13.2. The summed E-state index contributed by atoms with van der Waals surface area (Å²) < 4.78 is 55.7. The Morgan fingerprint density at radius 1 is 0.420 bits per heavy atom. The molecule has 0 unspecified atom stereocenters. The molecule has 4 nitrogen and oxygen atoms in total. The maximum atomic E-state index is 9.77. The summed E-state index contributed by atoms with van der Waals surface area (Å²) in [4.78, 5) is 7.20. The number of nitrogens with zero attached hydrogens (tertiary/aromatic N) is 3. The Hall–Kier alpha value is -10.1. The smallest absolute Gasteiger partial charge is 0.264 e. The molecule has 0 bridgehead atoms. The average Bonchev–Trinajstić information content (AvgIpc) is 1.68. The van der Waals surface area contributed by atoms with E-state index in [-0.39, 0.29) is 35.2 Å². The standard InChI is InChI=1S/C82H64BN3OS/c1-81(2,3)59-36-39-61(40-37-59)84(70-33-21-19-31-64(70)55-27-15-9-16-28-55)63-41-43-69-72(52-63)86(71-44-35-57(53-23-11-7-12-24-53)47-66(71)56-29-17-10-18-30-56)74-49-58(54-25-13-8-14-26-54)48-73-78(74)83(69)80-79(68-50-60(82(4,5)6)38-46-77(68)88-80)85(73)62-42-45-76-67(51-62)65-32-20-22-34-75(65)87-76/h7-52H,1-6H3/i8D,13D,14D,25D,26D. The Bertz CT molecular complexity index is 5300. The molecule has 0 aliphatic carbocycles. The Kier molecular flexibility index (Phi) is 11.3. The van der Waals surface area contributed by atoms with E-state index in [4.69, 9.17) is 5.79 Å². The third-order valence-corrected chi connectivity index (χ3v) is 19.1. The van der Waals surface area contributed by atoms with Crippen molar-refractivity contribution < 1.29 is 11.3 Å². The lowest BCUT2D eigenvalue weighted by Gasteiger charge is -2.44. The van der Waals surface area contributed by atoms with Crippen LogP contribution in [-0.2, 0) is 10.8 Å². The first kappa shape index (κ1) is 48.0. The predicted molar refractivity (Wildman–Crippen MR) is 377 cm³/mol. The van der Waals surface area contributed by atoms with Gasteiger partial charge in [0.25, 0.3) is 6.71 Å². The molecule has 6 heteroatoms. The zero-order valence-corrected chi connectivity index (χ0v) is 50.7. The molecule has 0 N–H and O–H groups in total. The van der Waals surface area contributed by atoms with E-state index in [1.165, 1.54) is 11.1 Å². The summed E-state index contributed by atoms with van der Waals surface area (Å²) >= 11 is 1.82. The molecule has 2 aliphatic rings. The Labute approximate surface area is 527 Å². The first-order valence-corrected chi connectivity index (χ1v) is 31.1. The molecule has 4 heterocycles. The summed E-state index contributed by atoms with van der Waals surface area (Å²) in [7, 11) is 0. The van der Waals surface area contributed by atoms with Crippen molar-refractivity contribution in [3.05, 3.63) is 290 Å². The number of fused-ring (bicyclic) bond motifs is 9. The molecule has 0 spiro atoms. The average molecular weight is 1160 g/mol. The number of benzene rings is 12. The van der Waals surface area contributed by atoms with Gasteiger partial charge in [0.2, 0.25) is 0 Å². The Morgan fingerprint density at radius 3 is 1.77 bits per heavy atom. The second-order valence-corrected chi connectivity index (χ2v) is 26.4. The van der Waals surface area contributed by atoms with Crippen molar-refractivity contribution in [3.8, 4) is 44.5 Å². The largest absolute Gasteiger partial charge is 0.456 e. The summed E-state index contributed by atoms with van der Waals surface area (Å²) in [5.74, 6) is 0.